The first-order chi connectivity index (χ1) is 9.18. The second-order valence-corrected chi connectivity index (χ2v) is 6.97. The Labute approximate surface area is 135 Å². The lowest BCUT2D eigenvalue weighted by Crippen LogP contribution is -2.00. The first kappa shape index (κ1) is 19.9. The van der Waals surface area contributed by atoms with E-state index in [1.54, 1.807) is 0 Å². The van der Waals surface area contributed by atoms with Gasteiger partial charge in [-0.3, -0.25) is 0 Å². The van der Waals surface area contributed by atoms with Gasteiger partial charge < -0.3 is 0 Å². The molecule has 0 aliphatic rings. The molecule has 0 aliphatic heterocycles. The molecule has 0 saturated carbocycles. The molecule has 1 radical (unpaired) electrons. The summed E-state index contributed by atoms with van der Waals surface area (Å²) in [5, 5.41) is -0.161. The van der Waals surface area contributed by atoms with Crippen molar-refractivity contribution in [3.63, 3.8) is 0 Å². The Morgan fingerprint density at radius 3 is 1.42 bits per heavy atom. The summed E-state index contributed by atoms with van der Waals surface area (Å²) in [6.07, 6.45) is 17.2. The second-order valence-electron chi connectivity index (χ2n) is 5.43. The van der Waals surface area contributed by atoms with E-state index in [1.807, 2.05) is 0 Å². The van der Waals surface area contributed by atoms with Crippen LogP contribution in [0.5, 0.6) is 0 Å². The van der Waals surface area contributed by atoms with Gasteiger partial charge >= 0.3 is 0 Å². The molecule has 0 aromatic heterocycles. The quantitative estimate of drug-likeness (QED) is 0.227. The van der Waals surface area contributed by atoms with Crippen molar-refractivity contribution in [3.8, 4) is 0 Å². The van der Waals surface area contributed by atoms with Gasteiger partial charge in [0.25, 0.3) is 0 Å². The summed E-state index contributed by atoms with van der Waals surface area (Å²) in [6.45, 7) is 2.27. The van der Waals surface area contributed by atoms with Crippen LogP contribution in [0.3, 0.4) is 0 Å². The van der Waals surface area contributed by atoms with Crippen LogP contribution in [0.4, 0.5) is 0 Å². The largest absolute Gasteiger partial charge is 0.168 e. The Morgan fingerprint density at radius 2 is 1.05 bits per heavy atom. The van der Waals surface area contributed by atoms with Gasteiger partial charge in [-0.1, -0.05) is 107 Å². The molecule has 0 N–H and O–H groups in total. The Balaban J connectivity index is 3.03. The molecule has 0 saturated heterocycles. The van der Waals surface area contributed by atoms with E-state index in [2.05, 4.69) is 6.92 Å². The fourth-order valence-electron chi connectivity index (χ4n) is 2.27. The van der Waals surface area contributed by atoms with Gasteiger partial charge in [-0.25, -0.2) is 0 Å². The molecule has 0 fully saturated rings. The first-order valence-electron chi connectivity index (χ1n) is 8.00. The van der Waals surface area contributed by atoms with Crippen LogP contribution in [0, 0.1) is 4.84 Å². The third-order valence-electron chi connectivity index (χ3n) is 3.55. The lowest BCUT2D eigenvalue weighted by atomic mass is 10.0. The number of hydrogen-bond donors (Lipinski definition) is 0. The molecular weight excluding hydrogens is 299 g/mol. The number of unbranched alkanes of at least 4 members (excludes halogenated alkanes) is 11. The molecule has 115 valence electrons. The van der Waals surface area contributed by atoms with E-state index in [4.69, 9.17) is 34.8 Å². The van der Waals surface area contributed by atoms with Crippen molar-refractivity contribution in [1.29, 1.82) is 0 Å². The van der Waals surface area contributed by atoms with Crippen LogP contribution in [0.1, 0.15) is 90.4 Å². The molecule has 1 unspecified atom stereocenters. The van der Waals surface area contributed by atoms with Crippen LogP contribution >= 0.6 is 34.8 Å². The van der Waals surface area contributed by atoms with Gasteiger partial charge in [-0.2, -0.15) is 0 Å². The molecule has 1 atom stereocenters. The molecule has 0 aromatic carbocycles. The monoisotopic (exact) mass is 327 g/mol. The van der Waals surface area contributed by atoms with E-state index in [0.717, 1.165) is 12.8 Å². The number of hydrogen-bond acceptors (Lipinski definition) is 0. The highest BCUT2D eigenvalue weighted by Crippen LogP contribution is 2.26. The highest BCUT2D eigenvalue weighted by atomic mass is 35.5. The maximum absolute atomic E-state index is 5.95. The maximum Gasteiger partial charge on any atom is 0.168 e. The highest BCUT2D eigenvalue weighted by Gasteiger charge is 2.13. The molecule has 0 amide bonds. The molecule has 0 bridgehead atoms. The van der Waals surface area contributed by atoms with Crippen LogP contribution in [0.2, 0.25) is 0 Å². The normalized spacial score (nSPS) is 13.1. The van der Waals surface area contributed by atoms with Crippen LogP contribution in [-0.2, 0) is 0 Å². The second kappa shape index (κ2) is 15.3. The topological polar surface area (TPSA) is 0 Å². The number of alkyl halides is 1. The van der Waals surface area contributed by atoms with E-state index in [-0.39, 0.29) is 5.38 Å². The van der Waals surface area contributed by atoms with E-state index >= 15 is 0 Å². The smallest absolute Gasteiger partial charge is 0.120 e. The molecular formula is C16H30Cl3. The predicted molar refractivity (Wildman–Crippen MR) is 90.3 cm³/mol. The van der Waals surface area contributed by atoms with E-state index in [1.165, 1.54) is 70.6 Å². The molecule has 0 nitrogen and oxygen atoms in total. The average Bonchev–Trinajstić information content (AvgIpc) is 2.39. The van der Waals surface area contributed by atoms with Gasteiger partial charge in [-0.05, 0) is 6.42 Å². The van der Waals surface area contributed by atoms with E-state index in [0.29, 0.717) is 4.84 Å². The van der Waals surface area contributed by atoms with Gasteiger partial charge in [0.05, 0.1) is 5.38 Å². The molecule has 0 rings (SSSR count). The summed E-state index contributed by atoms with van der Waals surface area (Å²) in [7, 11) is 0. The molecule has 0 aliphatic carbocycles. The minimum atomic E-state index is -0.161. The van der Waals surface area contributed by atoms with Gasteiger partial charge in [0.15, 0.2) is 4.84 Å². The Morgan fingerprint density at radius 1 is 0.684 bits per heavy atom. The average molecular weight is 329 g/mol. The van der Waals surface area contributed by atoms with Gasteiger partial charge in [0.2, 0.25) is 0 Å². The van der Waals surface area contributed by atoms with Crippen LogP contribution in [-0.4, -0.2) is 5.38 Å². The molecule has 3 heteroatoms. The van der Waals surface area contributed by atoms with Crippen LogP contribution in [0.15, 0.2) is 0 Å². The van der Waals surface area contributed by atoms with Gasteiger partial charge in [0.1, 0.15) is 0 Å². The molecule has 0 heterocycles. The van der Waals surface area contributed by atoms with Crippen LogP contribution in [0.25, 0.3) is 0 Å². The Kier molecular flexibility index (Phi) is 16.0. The zero-order chi connectivity index (χ0) is 14.3. The summed E-state index contributed by atoms with van der Waals surface area (Å²) >= 11 is 17.2. The summed E-state index contributed by atoms with van der Waals surface area (Å²) in [4.78, 5) is 0.310. The van der Waals surface area contributed by atoms with Crippen molar-refractivity contribution in [2.24, 2.45) is 0 Å². The third kappa shape index (κ3) is 15.1. The SMILES string of the molecule is CCCCCCCCCCCCCCC(Cl)[C](Cl)Cl. The Hall–Kier alpha value is 0.870. The van der Waals surface area contributed by atoms with Crippen molar-refractivity contribution in [3.05, 3.63) is 4.84 Å². The van der Waals surface area contributed by atoms with Crippen molar-refractivity contribution < 1.29 is 0 Å². The lowest BCUT2D eigenvalue weighted by Gasteiger charge is -2.08. The molecule has 0 aromatic rings. The Bertz CT molecular complexity index is 171. The van der Waals surface area contributed by atoms with Crippen molar-refractivity contribution in [2.75, 3.05) is 0 Å². The third-order valence-corrected chi connectivity index (χ3v) is 4.73. The summed E-state index contributed by atoms with van der Waals surface area (Å²) in [6, 6.07) is 0. The fraction of sp³-hybridized carbons (Fsp3) is 0.938. The van der Waals surface area contributed by atoms with Crippen LogP contribution < -0.4 is 0 Å². The standard InChI is InChI=1S/C16H30Cl3/c1-2-3-4-5-6-7-8-9-10-11-12-13-14-15(17)16(18)19/h15H,2-14H2,1H3. The maximum atomic E-state index is 5.95. The summed E-state index contributed by atoms with van der Waals surface area (Å²) in [5.74, 6) is 0. The van der Waals surface area contributed by atoms with Gasteiger partial charge in [-0.15, -0.1) is 11.6 Å². The zero-order valence-corrected chi connectivity index (χ0v) is 14.7. The molecule has 19 heavy (non-hydrogen) atoms. The molecule has 0 spiro atoms. The zero-order valence-electron chi connectivity index (χ0n) is 12.4. The predicted octanol–water partition coefficient (Wildman–Crippen LogP) is 7.65. The highest BCUT2D eigenvalue weighted by molar-refractivity contribution is 6.56. The van der Waals surface area contributed by atoms with E-state index in [9.17, 15) is 0 Å². The summed E-state index contributed by atoms with van der Waals surface area (Å²) in [5.41, 5.74) is 0. The van der Waals surface area contributed by atoms with E-state index < -0.39 is 0 Å². The van der Waals surface area contributed by atoms with Crippen molar-refractivity contribution >= 4 is 34.8 Å². The minimum Gasteiger partial charge on any atom is -0.120 e. The minimum absolute atomic E-state index is 0.161. The van der Waals surface area contributed by atoms with Crippen molar-refractivity contribution in [2.45, 2.75) is 95.8 Å². The number of rotatable bonds is 14. The summed E-state index contributed by atoms with van der Waals surface area (Å²) < 4.78 is 0. The van der Waals surface area contributed by atoms with Gasteiger partial charge in [0, 0.05) is 0 Å². The van der Waals surface area contributed by atoms with Crippen molar-refractivity contribution in [1.82, 2.24) is 0 Å². The first-order valence-corrected chi connectivity index (χ1v) is 9.19. The fourth-order valence-corrected chi connectivity index (χ4v) is 2.65. The lowest BCUT2D eigenvalue weighted by molar-refractivity contribution is 0.540. The number of halogens is 3.